The number of carbonyl (C=O) groups is 1. The van der Waals surface area contributed by atoms with Crippen LogP contribution in [-0.2, 0) is 11.2 Å². The molecule has 1 aromatic carbocycles. The molecule has 112 valence electrons. The quantitative estimate of drug-likeness (QED) is 0.492. The van der Waals surface area contributed by atoms with Crippen LogP contribution in [0.4, 0.5) is 0 Å². The van der Waals surface area contributed by atoms with Gasteiger partial charge in [-0.15, -0.1) is 11.8 Å². The van der Waals surface area contributed by atoms with Crippen LogP contribution in [0.25, 0.3) is 0 Å². The largest absolute Gasteiger partial charge is 0.366 e. The number of hydrogen-bond acceptors (Lipinski definition) is 4. The highest BCUT2D eigenvalue weighted by Crippen LogP contribution is 2.35. The van der Waals surface area contributed by atoms with Crippen molar-refractivity contribution in [1.82, 2.24) is 9.88 Å². The lowest BCUT2D eigenvalue weighted by molar-refractivity contribution is -0.104. The molecule has 4 heteroatoms. The van der Waals surface area contributed by atoms with Crippen molar-refractivity contribution in [3.63, 3.8) is 0 Å². The number of nitrogens with zero attached hydrogens (tertiary/aromatic N) is 2. The summed E-state index contributed by atoms with van der Waals surface area (Å²) in [6.07, 6.45) is 9.23. The molecule has 0 spiro atoms. The number of thioether (sulfide) groups is 1. The minimum Gasteiger partial charge on any atom is -0.366 e. The lowest BCUT2D eigenvalue weighted by Gasteiger charge is -2.36. The molecule has 0 aliphatic carbocycles. The Labute approximate surface area is 135 Å². The lowest BCUT2D eigenvalue weighted by atomic mass is 9.89. The summed E-state index contributed by atoms with van der Waals surface area (Å²) in [5.41, 5.74) is 3.82. The Morgan fingerprint density at radius 2 is 2.14 bits per heavy atom. The molecule has 0 saturated carbocycles. The van der Waals surface area contributed by atoms with Crippen LogP contribution in [-0.4, -0.2) is 29.0 Å². The van der Waals surface area contributed by atoms with E-state index < -0.39 is 0 Å². The number of fused-ring (bicyclic) bond motifs is 1. The number of aromatic nitrogens is 1. The maximum absolute atomic E-state index is 10.7. The SMILES string of the molecule is CSc1ccc(C2c3ccccc3CCN2C=CC=O)cn1. The zero-order chi connectivity index (χ0) is 15.4. The van der Waals surface area contributed by atoms with Crippen molar-refractivity contribution in [3.05, 3.63) is 71.6 Å². The van der Waals surface area contributed by atoms with E-state index in [1.54, 1.807) is 17.8 Å². The summed E-state index contributed by atoms with van der Waals surface area (Å²) in [4.78, 5) is 17.4. The Balaban J connectivity index is 2.04. The zero-order valence-electron chi connectivity index (χ0n) is 12.5. The van der Waals surface area contributed by atoms with Crippen molar-refractivity contribution in [2.45, 2.75) is 17.5 Å². The third kappa shape index (κ3) is 2.92. The molecule has 2 aromatic rings. The number of aldehydes is 1. The van der Waals surface area contributed by atoms with E-state index in [1.807, 2.05) is 18.7 Å². The van der Waals surface area contributed by atoms with E-state index >= 15 is 0 Å². The van der Waals surface area contributed by atoms with Gasteiger partial charge in [-0.1, -0.05) is 30.3 Å². The molecular weight excluding hydrogens is 292 g/mol. The van der Waals surface area contributed by atoms with Crippen molar-refractivity contribution in [2.24, 2.45) is 0 Å². The minimum atomic E-state index is 0.115. The topological polar surface area (TPSA) is 33.2 Å². The average molecular weight is 310 g/mol. The van der Waals surface area contributed by atoms with Crippen molar-refractivity contribution >= 4 is 18.0 Å². The normalized spacial score (nSPS) is 17.5. The van der Waals surface area contributed by atoms with Crippen LogP contribution < -0.4 is 0 Å². The fourth-order valence-corrected chi connectivity index (χ4v) is 3.30. The van der Waals surface area contributed by atoms with Gasteiger partial charge in [0.1, 0.15) is 6.29 Å². The first-order valence-electron chi connectivity index (χ1n) is 7.29. The molecule has 1 aliphatic rings. The van der Waals surface area contributed by atoms with Crippen molar-refractivity contribution < 1.29 is 4.79 Å². The minimum absolute atomic E-state index is 0.115. The van der Waals surface area contributed by atoms with Crippen LogP contribution in [0.15, 0.2) is 59.9 Å². The first-order chi connectivity index (χ1) is 10.8. The summed E-state index contributed by atoms with van der Waals surface area (Å²) in [6, 6.07) is 12.8. The molecule has 1 atom stereocenters. The Morgan fingerprint density at radius 1 is 1.27 bits per heavy atom. The van der Waals surface area contributed by atoms with Gasteiger partial charge in [-0.3, -0.25) is 4.79 Å². The van der Waals surface area contributed by atoms with Gasteiger partial charge in [0.15, 0.2) is 0 Å². The van der Waals surface area contributed by atoms with Crippen molar-refractivity contribution in [1.29, 1.82) is 0 Å². The van der Waals surface area contributed by atoms with Gasteiger partial charge in [0, 0.05) is 18.9 Å². The fourth-order valence-electron chi connectivity index (χ4n) is 2.94. The number of pyridine rings is 1. The molecule has 0 saturated heterocycles. The summed E-state index contributed by atoms with van der Waals surface area (Å²) in [5.74, 6) is 0. The van der Waals surface area contributed by atoms with E-state index in [1.165, 1.54) is 11.1 Å². The highest BCUT2D eigenvalue weighted by atomic mass is 32.2. The van der Waals surface area contributed by atoms with E-state index in [0.717, 1.165) is 29.8 Å². The van der Waals surface area contributed by atoms with Gasteiger partial charge in [0.05, 0.1) is 11.1 Å². The number of rotatable bonds is 4. The van der Waals surface area contributed by atoms with Gasteiger partial charge in [-0.2, -0.15) is 0 Å². The molecule has 2 heterocycles. The fraction of sp³-hybridized carbons (Fsp3) is 0.222. The van der Waals surface area contributed by atoms with Crippen LogP contribution in [0.1, 0.15) is 22.7 Å². The van der Waals surface area contributed by atoms with Crippen molar-refractivity contribution in [3.8, 4) is 0 Å². The zero-order valence-corrected chi connectivity index (χ0v) is 13.3. The number of carbonyl (C=O) groups excluding carboxylic acids is 1. The van der Waals surface area contributed by atoms with E-state index in [9.17, 15) is 4.79 Å². The number of benzene rings is 1. The van der Waals surface area contributed by atoms with Gasteiger partial charge >= 0.3 is 0 Å². The smallest absolute Gasteiger partial charge is 0.144 e. The van der Waals surface area contributed by atoms with Crippen LogP contribution in [0.5, 0.6) is 0 Å². The maximum Gasteiger partial charge on any atom is 0.144 e. The van der Waals surface area contributed by atoms with Gasteiger partial charge in [0.25, 0.3) is 0 Å². The van der Waals surface area contributed by atoms with Gasteiger partial charge in [-0.05, 0) is 41.5 Å². The van der Waals surface area contributed by atoms with Gasteiger partial charge in [0.2, 0.25) is 0 Å². The molecule has 0 amide bonds. The van der Waals surface area contributed by atoms with Gasteiger partial charge in [-0.25, -0.2) is 4.98 Å². The van der Waals surface area contributed by atoms with Gasteiger partial charge < -0.3 is 4.90 Å². The second-order valence-electron chi connectivity index (χ2n) is 5.20. The van der Waals surface area contributed by atoms with Crippen LogP contribution >= 0.6 is 11.8 Å². The molecular formula is C18H18N2OS. The molecule has 0 fully saturated rings. The van der Waals surface area contributed by atoms with Crippen LogP contribution in [0.3, 0.4) is 0 Å². The van der Waals surface area contributed by atoms with E-state index in [2.05, 4.69) is 46.3 Å². The van der Waals surface area contributed by atoms with E-state index in [0.29, 0.717) is 0 Å². The summed E-state index contributed by atoms with van der Waals surface area (Å²) in [6.45, 7) is 0.899. The summed E-state index contributed by atoms with van der Waals surface area (Å²) in [7, 11) is 0. The summed E-state index contributed by atoms with van der Waals surface area (Å²) < 4.78 is 0. The lowest BCUT2D eigenvalue weighted by Crippen LogP contribution is -2.32. The molecule has 1 aromatic heterocycles. The number of hydrogen-bond donors (Lipinski definition) is 0. The van der Waals surface area contributed by atoms with E-state index in [4.69, 9.17) is 0 Å². The molecule has 3 nitrogen and oxygen atoms in total. The van der Waals surface area contributed by atoms with Crippen LogP contribution in [0, 0.1) is 0 Å². The van der Waals surface area contributed by atoms with Crippen LogP contribution in [0.2, 0.25) is 0 Å². The first-order valence-corrected chi connectivity index (χ1v) is 8.51. The van der Waals surface area contributed by atoms with E-state index in [-0.39, 0.29) is 6.04 Å². The summed E-state index contributed by atoms with van der Waals surface area (Å²) >= 11 is 1.64. The standard InChI is InChI=1S/C18H18N2OS/c1-22-17-8-7-15(13-19-17)18-16-6-3-2-5-14(16)9-11-20(18)10-4-12-21/h2-8,10,12-13,18H,9,11H2,1H3. The molecule has 0 bridgehead atoms. The Morgan fingerprint density at radius 3 is 2.86 bits per heavy atom. The second-order valence-corrected chi connectivity index (χ2v) is 6.03. The molecule has 0 N–H and O–H groups in total. The molecule has 22 heavy (non-hydrogen) atoms. The Bertz CT molecular complexity index is 682. The predicted octanol–water partition coefficient (Wildman–Crippen LogP) is 3.46. The Kier molecular flexibility index (Phi) is 4.59. The highest BCUT2D eigenvalue weighted by molar-refractivity contribution is 7.98. The second kappa shape index (κ2) is 6.79. The summed E-state index contributed by atoms with van der Waals surface area (Å²) in [5, 5.41) is 1.02. The predicted molar refractivity (Wildman–Crippen MR) is 89.9 cm³/mol. The highest BCUT2D eigenvalue weighted by Gasteiger charge is 2.26. The third-order valence-corrected chi connectivity index (χ3v) is 4.62. The molecule has 1 aliphatic heterocycles. The Hall–Kier alpha value is -2.07. The maximum atomic E-state index is 10.7. The molecule has 0 radical (unpaired) electrons. The van der Waals surface area contributed by atoms with Crippen molar-refractivity contribution in [2.75, 3.05) is 12.8 Å². The average Bonchev–Trinajstić information content (AvgIpc) is 2.59. The number of allylic oxidation sites excluding steroid dienone is 1. The third-order valence-electron chi connectivity index (χ3n) is 3.96. The molecule has 1 unspecified atom stereocenters. The molecule has 3 rings (SSSR count). The first kappa shape index (κ1) is 14.9. The monoisotopic (exact) mass is 310 g/mol.